The van der Waals surface area contributed by atoms with E-state index in [4.69, 9.17) is 0 Å². The van der Waals surface area contributed by atoms with Crippen LogP contribution in [-0.4, -0.2) is 34.4 Å². The first-order chi connectivity index (χ1) is 9.18. The fourth-order valence-electron chi connectivity index (χ4n) is 3.35. The van der Waals surface area contributed by atoms with Crippen molar-refractivity contribution in [2.24, 2.45) is 17.3 Å². The zero-order valence-electron chi connectivity index (χ0n) is 13.6. The van der Waals surface area contributed by atoms with Crippen LogP contribution >= 0.6 is 0 Å². The molecule has 0 aliphatic heterocycles. The maximum absolute atomic E-state index is 11.4. The molecule has 118 valence electrons. The number of aliphatic hydroxyl groups is 1. The van der Waals surface area contributed by atoms with E-state index in [0.29, 0.717) is 13.0 Å². The Bertz CT molecular complexity index is 337. The largest absolute Gasteiger partial charge is 0.481 e. The van der Waals surface area contributed by atoms with Gasteiger partial charge in [-0.25, -0.2) is 0 Å². The van der Waals surface area contributed by atoms with Crippen LogP contribution in [0, 0.1) is 17.3 Å². The minimum Gasteiger partial charge on any atom is -0.481 e. The minimum absolute atomic E-state index is 0.224. The van der Waals surface area contributed by atoms with Gasteiger partial charge in [-0.05, 0) is 37.0 Å². The molecule has 0 bridgehead atoms. The number of carbonyl (C=O) groups is 1. The normalized spacial score (nSPS) is 30.2. The molecule has 3 atom stereocenters. The van der Waals surface area contributed by atoms with Crippen molar-refractivity contribution in [1.29, 1.82) is 0 Å². The Labute approximate surface area is 123 Å². The van der Waals surface area contributed by atoms with Gasteiger partial charge in [-0.1, -0.05) is 34.6 Å². The molecule has 3 N–H and O–H groups in total. The van der Waals surface area contributed by atoms with Crippen molar-refractivity contribution in [3.63, 3.8) is 0 Å². The van der Waals surface area contributed by atoms with E-state index >= 15 is 0 Å². The molecule has 1 fully saturated rings. The molecule has 0 amide bonds. The van der Waals surface area contributed by atoms with Crippen LogP contribution in [0.15, 0.2) is 0 Å². The van der Waals surface area contributed by atoms with Crippen LogP contribution in [0.4, 0.5) is 0 Å². The van der Waals surface area contributed by atoms with E-state index in [-0.39, 0.29) is 23.3 Å². The van der Waals surface area contributed by atoms with Crippen LogP contribution in [0.5, 0.6) is 0 Å². The summed E-state index contributed by atoms with van der Waals surface area (Å²) in [5, 5.41) is 23.2. The monoisotopic (exact) mass is 285 g/mol. The van der Waals surface area contributed by atoms with Crippen molar-refractivity contribution in [2.75, 3.05) is 6.54 Å². The first kappa shape index (κ1) is 17.4. The summed E-state index contributed by atoms with van der Waals surface area (Å²) in [6, 6.07) is 0.283. The molecule has 0 aromatic rings. The Morgan fingerprint density at radius 1 is 1.30 bits per heavy atom. The summed E-state index contributed by atoms with van der Waals surface area (Å²) in [4.78, 5) is 11.4. The summed E-state index contributed by atoms with van der Waals surface area (Å²) in [5.41, 5.74) is -0.869. The standard InChI is InChI=1S/C16H31NO3/c1-6-16(20,7-2)10-17-13-9-8-12(14(18)19)15(4,5)11(13)3/h11-13,17,20H,6-10H2,1-5H3,(H,18,19). The van der Waals surface area contributed by atoms with Gasteiger partial charge in [0.2, 0.25) is 0 Å². The fraction of sp³-hybridized carbons (Fsp3) is 0.938. The number of carboxylic acids is 1. The van der Waals surface area contributed by atoms with E-state index in [9.17, 15) is 15.0 Å². The van der Waals surface area contributed by atoms with Gasteiger partial charge in [0.15, 0.2) is 0 Å². The molecule has 1 aliphatic carbocycles. The van der Waals surface area contributed by atoms with Crippen LogP contribution in [0.3, 0.4) is 0 Å². The lowest BCUT2D eigenvalue weighted by Crippen LogP contribution is -2.54. The maximum atomic E-state index is 11.4. The number of hydrogen-bond acceptors (Lipinski definition) is 3. The van der Waals surface area contributed by atoms with Crippen LogP contribution in [0.2, 0.25) is 0 Å². The van der Waals surface area contributed by atoms with Crippen LogP contribution in [-0.2, 0) is 4.79 Å². The molecular weight excluding hydrogens is 254 g/mol. The topological polar surface area (TPSA) is 69.6 Å². The van der Waals surface area contributed by atoms with E-state index < -0.39 is 11.6 Å². The van der Waals surface area contributed by atoms with Gasteiger partial charge >= 0.3 is 5.97 Å². The van der Waals surface area contributed by atoms with Crippen molar-refractivity contribution in [3.8, 4) is 0 Å². The van der Waals surface area contributed by atoms with E-state index in [1.54, 1.807) is 0 Å². The molecule has 4 heteroatoms. The molecule has 0 heterocycles. The maximum Gasteiger partial charge on any atom is 0.307 e. The zero-order chi connectivity index (χ0) is 15.6. The quantitative estimate of drug-likeness (QED) is 0.702. The second kappa shape index (κ2) is 6.44. The molecule has 0 saturated heterocycles. The lowest BCUT2D eigenvalue weighted by atomic mass is 9.61. The van der Waals surface area contributed by atoms with Gasteiger partial charge in [0, 0.05) is 12.6 Å². The Morgan fingerprint density at radius 3 is 2.30 bits per heavy atom. The number of carboxylic acid groups (broad SMARTS) is 1. The smallest absolute Gasteiger partial charge is 0.307 e. The fourth-order valence-corrected chi connectivity index (χ4v) is 3.35. The molecule has 0 spiro atoms. The van der Waals surface area contributed by atoms with Crippen LogP contribution < -0.4 is 5.32 Å². The highest BCUT2D eigenvalue weighted by atomic mass is 16.4. The average Bonchev–Trinajstić information content (AvgIpc) is 2.39. The number of rotatable bonds is 6. The van der Waals surface area contributed by atoms with Gasteiger partial charge < -0.3 is 15.5 Å². The Hall–Kier alpha value is -0.610. The van der Waals surface area contributed by atoms with Gasteiger partial charge in [-0.3, -0.25) is 4.79 Å². The summed E-state index contributed by atoms with van der Waals surface area (Å²) in [5.74, 6) is -0.680. The van der Waals surface area contributed by atoms with Crippen LogP contribution in [0.25, 0.3) is 0 Å². The van der Waals surface area contributed by atoms with E-state index in [1.807, 2.05) is 13.8 Å². The summed E-state index contributed by atoms with van der Waals surface area (Å²) in [6.07, 6.45) is 3.05. The highest BCUT2D eigenvalue weighted by Crippen LogP contribution is 2.45. The van der Waals surface area contributed by atoms with E-state index in [1.165, 1.54) is 0 Å². The molecule has 0 aromatic carbocycles. The van der Waals surface area contributed by atoms with Gasteiger partial charge in [0.1, 0.15) is 0 Å². The van der Waals surface area contributed by atoms with Crippen molar-refractivity contribution >= 4 is 5.97 Å². The van der Waals surface area contributed by atoms with Crippen molar-refractivity contribution in [3.05, 3.63) is 0 Å². The Kier molecular flexibility index (Phi) is 5.61. The van der Waals surface area contributed by atoms with Gasteiger partial charge in [-0.15, -0.1) is 0 Å². The molecule has 1 saturated carbocycles. The lowest BCUT2D eigenvalue weighted by molar-refractivity contribution is -0.150. The molecule has 0 radical (unpaired) electrons. The molecule has 20 heavy (non-hydrogen) atoms. The second-order valence-corrected chi connectivity index (χ2v) is 7.00. The number of aliphatic carboxylic acids is 1. The van der Waals surface area contributed by atoms with Gasteiger partial charge in [-0.2, -0.15) is 0 Å². The number of hydrogen-bond donors (Lipinski definition) is 3. The molecule has 4 nitrogen and oxygen atoms in total. The van der Waals surface area contributed by atoms with E-state index in [2.05, 4.69) is 26.1 Å². The first-order valence-electron chi connectivity index (χ1n) is 7.86. The molecule has 1 aliphatic rings. The number of nitrogens with one attached hydrogen (secondary N) is 1. The highest BCUT2D eigenvalue weighted by Gasteiger charge is 2.46. The summed E-state index contributed by atoms with van der Waals surface area (Å²) >= 11 is 0. The predicted molar refractivity (Wildman–Crippen MR) is 80.6 cm³/mol. The van der Waals surface area contributed by atoms with Crippen molar-refractivity contribution in [2.45, 2.75) is 71.9 Å². The molecule has 0 aromatic heterocycles. The summed E-state index contributed by atoms with van der Waals surface area (Å²) in [6.45, 7) is 10.8. The third kappa shape index (κ3) is 3.53. The SMILES string of the molecule is CCC(O)(CC)CNC1CCC(C(=O)O)C(C)(C)C1C. The lowest BCUT2D eigenvalue weighted by Gasteiger charge is -2.47. The Balaban J connectivity index is 2.69. The van der Waals surface area contributed by atoms with Crippen molar-refractivity contribution in [1.82, 2.24) is 5.32 Å². The Morgan fingerprint density at radius 2 is 1.85 bits per heavy atom. The van der Waals surface area contributed by atoms with Gasteiger partial charge in [0.05, 0.1) is 11.5 Å². The first-order valence-corrected chi connectivity index (χ1v) is 7.86. The third-order valence-corrected chi connectivity index (χ3v) is 5.75. The van der Waals surface area contributed by atoms with Crippen LogP contribution in [0.1, 0.15) is 60.3 Å². The highest BCUT2D eigenvalue weighted by molar-refractivity contribution is 5.71. The van der Waals surface area contributed by atoms with Gasteiger partial charge in [0.25, 0.3) is 0 Å². The predicted octanol–water partition coefficient (Wildman–Crippen LogP) is 2.65. The van der Waals surface area contributed by atoms with E-state index in [0.717, 1.165) is 19.3 Å². The minimum atomic E-state index is -0.682. The molecule has 3 unspecified atom stereocenters. The summed E-state index contributed by atoms with van der Waals surface area (Å²) < 4.78 is 0. The zero-order valence-corrected chi connectivity index (χ0v) is 13.6. The third-order valence-electron chi connectivity index (χ3n) is 5.75. The summed E-state index contributed by atoms with van der Waals surface area (Å²) in [7, 11) is 0. The van der Waals surface area contributed by atoms with Crippen molar-refractivity contribution < 1.29 is 15.0 Å². The molecular formula is C16H31NO3. The second-order valence-electron chi connectivity index (χ2n) is 7.00. The average molecular weight is 285 g/mol. The molecule has 1 rings (SSSR count).